The summed E-state index contributed by atoms with van der Waals surface area (Å²) >= 11 is 0. The summed E-state index contributed by atoms with van der Waals surface area (Å²) in [5.74, 6) is 1.50. The van der Waals surface area contributed by atoms with Crippen LogP contribution in [0.15, 0.2) is 12.1 Å². The van der Waals surface area contributed by atoms with Crippen LogP contribution in [0.4, 0.5) is 4.39 Å². The third kappa shape index (κ3) is 3.60. The third-order valence-corrected chi connectivity index (χ3v) is 2.70. The van der Waals surface area contributed by atoms with Gasteiger partial charge < -0.3 is 15.2 Å². The number of nitrogens with two attached hydrogens (primary N) is 1. The molecule has 2 N–H and O–H groups in total. The van der Waals surface area contributed by atoms with Gasteiger partial charge in [0.25, 0.3) is 0 Å². The van der Waals surface area contributed by atoms with Crippen LogP contribution in [0.3, 0.4) is 0 Å². The Labute approximate surface area is 102 Å². The summed E-state index contributed by atoms with van der Waals surface area (Å²) in [6.07, 6.45) is 2.07. The van der Waals surface area contributed by atoms with Crippen LogP contribution in [-0.2, 0) is 12.8 Å². The molecule has 3 nitrogen and oxygen atoms in total. The molecule has 0 unspecified atom stereocenters. The van der Waals surface area contributed by atoms with Gasteiger partial charge in [-0.25, -0.2) is 0 Å². The Morgan fingerprint density at radius 2 is 1.59 bits per heavy atom. The van der Waals surface area contributed by atoms with Crippen molar-refractivity contribution in [3.05, 3.63) is 23.3 Å². The third-order valence-electron chi connectivity index (χ3n) is 2.70. The second kappa shape index (κ2) is 7.12. The molecule has 1 aromatic rings. The van der Waals surface area contributed by atoms with Crippen molar-refractivity contribution in [2.45, 2.75) is 19.3 Å². The second-order valence-electron chi connectivity index (χ2n) is 3.81. The zero-order valence-electron chi connectivity index (χ0n) is 10.5. The first-order valence-electron chi connectivity index (χ1n) is 5.76. The monoisotopic (exact) mass is 241 g/mol. The van der Waals surface area contributed by atoms with E-state index < -0.39 is 6.67 Å². The van der Waals surface area contributed by atoms with Gasteiger partial charge in [0.05, 0.1) is 20.9 Å². The van der Waals surface area contributed by atoms with E-state index in [-0.39, 0.29) is 0 Å². The van der Waals surface area contributed by atoms with E-state index in [2.05, 4.69) is 0 Å². The molecule has 0 fully saturated rings. The van der Waals surface area contributed by atoms with E-state index in [4.69, 9.17) is 15.2 Å². The number of methoxy groups -OCH3 is 2. The molecule has 0 radical (unpaired) electrons. The quantitative estimate of drug-likeness (QED) is 0.795. The van der Waals surface area contributed by atoms with E-state index in [1.54, 1.807) is 14.2 Å². The number of hydrogen-bond donors (Lipinski definition) is 1. The van der Waals surface area contributed by atoms with Gasteiger partial charge in [0, 0.05) is 12.0 Å². The molecule has 4 heteroatoms. The van der Waals surface area contributed by atoms with Crippen LogP contribution < -0.4 is 15.2 Å². The normalized spacial score (nSPS) is 10.4. The SMILES string of the molecule is COc1cc(CCCN)c(OC)cc1CCF. The van der Waals surface area contributed by atoms with Crippen LogP contribution in [0.5, 0.6) is 11.5 Å². The van der Waals surface area contributed by atoms with Crippen LogP contribution >= 0.6 is 0 Å². The number of hydrogen-bond acceptors (Lipinski definition) is 3. The first-order chi connectivity index (χ1) is 8.26. The molecule has 96 valence electrons. The maximum absolute atomic E-state index is 12.4. The maximum atomic E-state index is 12.4. The van der Waals surface area contributed by atoms with Crippen molar-refractivity contribution < 1.29 is 13.9 Å². The molecule has 0 amide bonds. The average Bonchev–Trinajstić information content (AvgIpc) is 2.36. The minimum Gasteiger partial charge on any atom is -0.496 e. The van der Waals surface area contributed by atoms with E-state index >= 15 is 0 Å². The molecule has 0 aliphatic carbocycles. The number of benzene rings is 1. The molecular weight excluding hydrogens is 221 g/mol. The highest BCUT2D eigenvalue weighted by atomic mass is 19.1. The van der Waals surface area contributed by atoms with Gasteiger partial charge in [0.2, 0.25) is 0 Å². The Hall–Kier alpha value is -1.29. The summed E-state index contributed by atoms with van der Waals surface area (Å²) in [5, 5.41) is 0. The van der Waals surface area contributed by atoms with Crippen LogP contribution in [0.25, 0.3) is 0 Å². The summed E-state index contributed by atoms with van der Waals surface area (Å²) in [4.78, 5) is 0. The molecule has 17 heavy (non-hydrogen) atoms. The molecule has 0 bridgehead atoms. The summed E-state index contributed by atoms with van der Waals surface area (Å²) in [7, 11) is 3.21. The van der Waals surface area contributed by atoms with Crippen molar-refractivity contribution in [3.63, 3.8) is 0 Å². The minimum absolute atomic E-state index is 0.344. The lowest BCUT2D eigenvalue weighted by Crippen LogP contribution is -2.03. The zero-order valence-corrected chi connectivity index (χ0v) is 10.5. The fourth-order valence-corrected chi connectivity index (χ4v) is 1.81. The number of rotatable bonds is 7. The molecule has 0 heterocycles. The Balaban J connectivity index is 3.04. The molecule has 0 saturated heterocycles. The average molecular weight is 241 g/mol. The Morgan fingerprint density at radius 3 is 2.00 bits per heavy atom. The van der Waals surface area contributed by atoms with Gasteiger partial charge in [-0.3, -0.25) is 4.39 Å². The van der Waals surface area contributed by atoms with Crippen molar-refractivity contribution >= 4 is 0 Å². The summed E-state index contributed by atoms with van der Waals surface area (Å²) in [6, 6.07) is 3.77. The summed E-state index contributed by atoms with van der Waals surface area (Å²) in [6.45, 7) is 0.235. The minimum atomic E-state index is -0.401. The van der Waals surface area contributed by atoms with Gasteiger partial charge >= 0.3 is 0 Å². The highest BCUT2D eigenvalue weighted by Gasteiger charge is 2.10. The van der Waals surface area contributed by atoms with E-state index in [0.29, 0.717) is 13.0 Å². The number of halogens is 1. The fraction of sp³-hybridized carbons (Fsp3) is 0.538. The molecule has 0 atom stereocenters. The molecule has 0 aromatic heterocycles. The van der Waals surface area contributed by atoms with Gasteiger partial charge in [-0.05, 0) is 37.1 Å². The standard InChI is InChI=1S/C13H20FNO2/c1-16-12-9-11(5-6-14)13(17-2)8-10(12)4-3-7-15/h8-9H,3-7,15H2,1-2H3. The van der Waals surface area contributed by atoms with Gasteiger partial charge in [-0.2, -0.15) is 0 Å². The highest BCUT2D eigenvalue weighted by Crippen LogP contribution is 2.30. The van der Waals surface area contributed by atoms with E-state index in [1.165, 1.54) is 0 Å². The van der Waals surface area contributed by atoms with Crippen LogP contribution in [-0.4, -0.2) is 27.4 Å². The molecule has 0 aliphatic rings. The van der Waals surface area contributed by atoms with E-state index in [0.717, 1.165) is 35.5 Å². The fourth-order valence-electron chi connectivity index (χ4n) is 1.81. The lowest BCUT2D eigenvalue weighted by molar-refractivity contribution is 0.391. The number of aryl methyl sites for hydroxylation is 2. The summed E-state index contributed by atoms with van der Waals surface area (Å²) < 4.78 is 23.0. The van der Waals surface area contributed by atoms with Crippen LogP contribution in [0.1, 0.15) is 17.5 Å². The number of ether oxygens (including phenoxy) is 2. The first kappa shape index (κ1) is 13.8. The smallest absolute Gasteiger partial charge is 0.122 e. The molecule has 1 rings (SSSR count). The lowest BCUT2D eigenvalue weighted by atomic mass is 10.0. The van der Waals surface area contributed by atoms with Gasteiger partial charge in [-0.15, -0.1) is 0 Å². The van der Waals surface area contributed by atoms with Crippen LogP contribution in [0, 0.1) is 0 Å². The van der Waals surface area contributed by atoms with E-state index in [1.807, 2.05) is 12.1 Å². The predicted octanol–water partition coefficient (Wildman–Crippen LogP) is 2.11. The topological polar surface area (TPSA) is 44.5 Å². The Morgan fingerprint density at radius 1 is 1.06 bits per heavy atom. The van der Waals surface area contributed by atoms with Crippen LogP contribution in [0.2, 0.25) is 0 Å². The van der Waals surface area contributed by atoms with Crippen molar-refractivity contribution in [3.8, 4) is 11.5 Å². The summed E-state index contributed by atoms with van der Waals surface area (Å²) in [5.41, 5.74) is 7.38. The molecule has 0 aliphatic heterocycles. The zero-order chi connectivity index (χ0) is 12.7. The maximum Gasteiger partial charge on any atom is 0.122 e. The highest BCUT2D eigenvalue weighted by molar-refractivity contribution is 5.46. The van der Waals surface area contributed by atoms with Crippen molar-refractivity contribution in [2.75, 3.05) is 27.4 Å². The van der Waals surface area contributed by atoms with Crippen molar-refractivity contribution in [1.29, 1.82) is 0 Å². The van der Waals surface area contributed by atoms with E-state index in [9.17, 15) is 4.39 Å². The Bertz CT molecular complexity index is 356. The number of alkyl halides is 1. The van der Waals surface area contributed by atoms with Crippen molar-refractivity contribution in [2.24, 2.45) is 5.73 Å². The van der Waals surface area contributed by atoms with Gasteiger partial charge in [0.1, 0.15) is 11.5 Å². The van der Waals surface area contributed by atoms with Gasteiger partial charge in [-0.1, -0.05) is 0 Å². The molecule has 0 saturated carbocycles. The molecule has 0 spiro atoms. The second-order valence-corrected chi connectivity index (χ2v) is 3.81. The lowest BCUT2D eigenvalue weighted by Gasteiger charge is -2.14. The van der Waals surface area contributed by atoms with Gasteiger partial charge in [0.15, 0.2) is 0 Å². The largest absolute Gasteiger partial charge is 0.496 e. The molecular formula is C13H20FNO2. The van der Waals surface area contributed by atoms with Crippen molar-refractivity contribution in [1.82, 2.24) is 0 Å². The predicted molar refractivity (Wildman–Crippen MR) is 66.6 cm³/mol. The first-order valence-corrected chi connectivity index (χ1v) is 5.76. The molecule has 1 aromatic carbocycles. The Kier molecular flexibility index (Phi) is 5.77.